The standard InChI is InChI=1S/C15H12F2O/c1-9-7-12(4-5-14(9)16)13-8-11(10(2)18)3-6-15(13)17/h3-8H,1-2H3. The molecule has 0 aliphatic rings. The van der Waals surface area contributed by atoms with E-state index in [9.17, 15) is 13.6 Å². The Morgan fingerprint density at radius 2 is 1.67 bits per heavy atom. The van der Waals surface area contributed by atoms with Crippen LogP contribution < -0.4 is 0 Å². The molecule has 0 bridgehead atoms. The average molecular weight is 246 g/mol. The third-order valence-electron chi connectivity index (χ3n) is 2.84. The van der Waals surface area contributed by atoms with Gasteiger partial charge in [-0.15, -0.1) is 0 Å². The molecule has 2 rings (SSSR count). The predicted octanol–water partition coefficient (Wildman–Crippen LogP) is 4.14. The maximum atomic E-state index is 13.7. The van der Waals surface area contributed by atoms with Crippen molar-refractivity contribution in [3.8, 4) is 11.1 Å². The van der Waals surface area contributed by atoms with Gasteiger partial charge in [0.1, 0.15) is 11.6 Å². The normalized spacial score (nSPS) is 10.4. The number of rotatable bonds is 2. The highest BCUT2D eigenvalue weighted by Crippen LogP contribution is 2.26. The first-order chi connectivity index (χ1) is 8.49. The van der Waals surface area contributed by atoms with E-state index in [2.05, 4.69) is 0 Å². The second kappa shape index (κ2) is 4.69. The van der Waals surface area contributed by atoms with Crippen LogP contribution in [0.2, 0.25) is 0 Å². The molecule has 0 amide bonds. The van der Waals surface area contributed by atoms with E-state index in [0.717, 1.165) is 0 Å². The molecule has 18 heavy (non-hydrogen) atoms. The Labute approximate surface area is 104 Å². The van der Waals surface area contributed by atoms with E-state index in [1.807, 2.05) is 0 Å². The Balaban J connectivity index is 2.58. The summed E-state index contributed by atoms with van der Waals surface area (Å²) in [7, 11) is 0. The number of hydrogen-bond donors (Lipinski definition) is 0. The van der Waals surface area contributed by atoms with Crippen LogP contribution in [0.3, 0.4) is 0 Å². The quantitative estimate of drug-likeness (QED) is 0.728. The number of Topliss-reactive ketones (excluding diaryl/α,β-unsaturated/α-hetero) is 1. The second-order valence-corrected chi connectivity index (χ2v) is 4.21. The van der Waals surface area contributed by atoms with Crippen molar-refractivity contribution in [2.45, 2.75) is 13.8 Å². The molecule has 0 aliphatic carbocycles. The summed E-state index contributed by atoms with van der Waals surface area (Å²) < 4.78 is 26.9. The van der Waals surface area contributed by atoms with Crippen molar-refractivity contribution in [3.05, 3.63) is 59.2 Å². The average Bonchev–Trinajstić information content (AvgIpc) is 2.33. The minimum absolute atomic E-state index is 0.130. The SMILES string of the molecule is CC(=O)c1ccc(F)c(-c2ccc(F)c(C)c2)c1. The van der Waals surface area contributed by atoms with Crippen LogP contribution in [0.4, 0.5) is 8.78 Å². The highest BCUT2D eigenvalue weighted by atomic mass is 19.1. The number of carbonyl (C=O) groups excluding carboxylic acids is 1. The third kappa shape index (κ3) is 2.30. The van der Waals surface area contributed by atoms with Gasteiger partial charge in [0.2, 0.25) is 0 Å². The van der Waals surface area contributed by atoms with Crippen LogP contribution in [0.15, 0.2) is 36.4 Å². The lowest BCUT2D eigenvalue weighted by molar-refractivity contribution is 0.101. The zero-order valence-electron chi connectivity index (χ0n) is 10.1. The fourth-order valence-electron chi connectivity index (χ4n) is 1.78. The topological polar surface area (TPSA) is 17.1 Å². The molecule has 0 aromatic heterocycles. The minimum atomic E-state index is -0.425. The second-order valence-electron chi connectivity index (χ2n) is 4.21. The molecule has 2 aromatic rings. The summed E-state index contributed by atoms with van der Waals surface area (Å²) in [5.74, 6) is -0.886. The maximum Gasteiger partial charge on any atom is 0.159 e. The summed E-state index contributed by atoms with van der Waals surface area (Å²) in [5.41, 5.74) is 1.76. The van der Waals surface area contributed by atoms with Gasteiger partial charge in [-0.25, -0.2) is 8.78 Å². The number of halogens is 2. The molecule has 0 atom stereocenters. The van der Waals surface area contributed by atoms with Crippen LogP contribution in [0.5, 0.6) is 0 Å². The number of ketones is 1. The Morgan fingerprint density at radius 1 is 1.00 bits per heavy atom. The molecule has 0 unspecified atom stereocenters. The van der Waals surface area contributed by atoms with Crippen molar-refractivity contribution in [2.75, 3.05) is 0 Å². The zero-order chi connectivity index (χ0) is 13.3. The molecule has 92 valence electrons. The fourth-order valence-corrected chi connectivity index (χ4v) is 1.78. The van der Waals surface area contributed by atoms with E-state index in [4.69, 9.17) is 0 Å². The number of aryl methyl sites for hydroxylation is 1. The van der Waals surface area contributed by atoms with Crippen molar-refractivity contribution in [1.29, 1.82) is 0 Å². The van der Waals surface area contributed by atoms with E-state index in [1.165, 1.54) is 37.3 Å². The van der Waals surface area contributed by atoms with E-state index >= 15 is 0 Å². The van der Waals surface area contributed by atoms with Gasteiger partial charge in [-0.05, 0) is 55.3 Å². The number of hydrogen-bond acceptors (Lipinski definition) is 1. The van der Waals surface area contributed by atoms with Crippen LogP contribution in [-0.2, 0) is 0 Å². The lowest BCUT2D eigenvalue weighted by atomic mass is 9.99. The van der Waals surface area contributed by atoms with Crippen molar-refractivity contribution in [1.82, 2.24) is 0 Å². The van der Waals surface area contributed by atoms with Crippen molar-refractivity contribution in [2.24, 2.45) is 0 Å². The van der Waals surface area contributed by atoms with Gasteiger partial charge in [0, 0.05) is 11.1 Å². The molecule has 1 nitrogen and oxygen atoms in total. The smallest absolute Gasteiger partial charge is 0.159 e. The predicted molar refractivity (Wildman–Crippen MR) is 66.5 cm³/mol. The highest BCUT2D eigenvalue weighted by Gasteiger charge is 2.09. The van der Waals surface area contributed by atoms with Crippen molar-refractivity contribution in [3.63, 3.8) is 0 Å². The summed E-state index contributed by atoms with van der Waals surface area (Å²) in [5, 5.41) is 0. The van der Waals surface area contributed by atoms with E-state index in [-0.39, 0.29) is 11.6 Å². The summed E-state index contributed by atoms with van der Waals surface area (Å²) in [6, 6.07) is 8.56. The van der Waals surface area contributed by atoms with Crippen LogP contribution in [0, 0.1) is 18.6 Å². The fraction of sp³-hybridized carbons (Fsp3) is 0.133. The first kappa shape index (κ1) is 12.4. The first-order valence-electron chi connectivity index (χ1n) is 5.56. The van der Waals surface area contributed by atoms with Gasteiger partial charge in [0.05, 0.1) is 0 Å². The lowest BCUT2D eigenvalue weighted by Crippen LogP contribution is -1.95. The van der Waals surface area contributed by atoms with Gasteiger partial charge in [-0.3, -0.25) is 4.79 Å². The van der Waals surface area contributed by atoms with Crippen LogP contribution in [0.1, 0.15) is 22.8 Å². The van der Waals surface area contributed by atoms with Gasteiger partial charge in [-0.1, -0.05) is 6.07 Å². The van der Waals surface area contributed by atoms with Crippen LogP contribution >= 0.6 is 0 Å². The van der Waals surface area contributed by atoms with Gasteiger partial charge < -0.3 is 0 Å². The Morgan fingerprint density at radius 3 is 2.28 bits per heavy atom. The zero-order valence-corrected chi connectivity index (χ0v) is 10.1. The van der Waals surface area contributed by atoms with Crippen LogP contribution in [0.25, 0.3) is 11.1 Å². The maximum absolute atomic E-state index is 13.7. The Hall–Kier alpha value is -2.03. The summed E-state index contributed by atoms with van der Waals surface area (Å²) in [6.07, 6.45) is 0. The molecule has 0 spiro atoms. The monoisotopic (exact) mass is 246 g/mol. The Bertz CT molecular complexity index is 618. The lowest BCUT2D eigenvalue weighted by Gasteiger charge is -2.07. The molecule has 2 aromatic carbocycles. The van der Waals surface area contributed by atoms with Crippen molar-refractivity contribution < 1.29 is 13.6 Å². The number of carbonyl (C=O) groups is 1. The van der Waals surface area contributed by atoms with E-state index in [1.54, 1.807) is 13.0 Å². The van der Waals surface area contributed by atoms with E-state index in [0.29, 0.717) is 22.3 Å². The molecule has 0 heterocycles. The largest absolute Gasteiger partial charge is 0.295 e. The molecule has 0 radical (unpaired) electrons. The summed E-state index contributed by atoms with van der Waals surface area (Å²) >= 11 is 0. The first-order valence-corrected chi connectivity index (χ1v) is 5.56. The Kier molecular flexibility index (Phi) is 3.24. The summed E-state index contributed by atoms with van der Waals surface area (Å²) in [6.45, 7) is 3.04. The molecular weight excluding hydrogens is 234 g/mol. The molecule has 0 aliphatic heterocycles. The molecule has 0 fully saturated rings. The number of benzene rings is 2. The van der Waals surface area contributed by atoms with Gasteiger partial charge in [-0.2, -0.15) is 0 Å². The van der Waals surface area contributed by atoms with Crippen LogP contribution in [-0.4, -0.2) is 5.78 Å². The van der Waals surface area contributed by atoms with Gasteiger partial charge in [0.15, 0.2) is 5.78 Å². The van der Waals surface area contributed by atoms with Gasteiger partial charge in [0.25, 0.3) is 0 Å². The molecule has 0 saturated carbocycles. The molecular formula is C15H12F2O. The van der Waals surface area contributed by atoms with Gasteiger partial charge >= 0.3 is 0 Å². The van der Waals surface area contributed by atoms with Crippen molar-refractivity contribution >= 4 is 5.78 Å². The minimum Gasteiger partial charge on any atom is -0.295 e. The molecule has 0 saturated heterocycles. The molecule has 3 heteroatoms. The highest BCUT2D eigenvalue weighted by molar-refractivity contribution is 5.95. The van der Waals surface area contributed by atoms with E-state index < -0.39 is 5.82 Å². The molecule has 0 N–H and O–H groups in total. The summed E-state index contributed by atoms with van der Waals surface area (Å²) in [4.78, 5) is 11.3. The third-order valence-corrected chi connectivity index (χ3v) is 2.84.